The third kappa shape index (κ3) is 4.33. The van der Waals surface area contributed by atoms with Gasteiger partial charge in [-0.25, -0.2) is 13.4 Å². The average molecular weight is 478 g/mol. The smallest absolute Gasteiger partial charge is 0.275 e. The van der Waals surface area contributed by atoms with Gasteiger partial charge in [0.05, 0.1) is 31.9 Å². The zero-order valence-corrected chi connectivity index (χ0v) is 19.7. The highest BCUT2D eigenvalue weighted by molar-refractivity contribution is 7.88. The van der Waals surface area contributed by atoms with Crippen molar-refractivity contribution in [2.75, 3.05) is 32.3 Å². The monoisotopic (exact) mass is 477 g/mol. The number of sulfonamides is 1. The first-order valence-corrected chi connectivity index (χ1v) is 12.4. The minimum Gasteiger partial charge on any atom is -0.497 e. The van der Waals surface area contributed by atoms with Crippen LogP contribution in [0.1, 0.15) is 21.1 Å². The standard InChI is InChI=1S/C20H23N5O5S2/c1-24-16(10-15(23-24)13-9-12(29-2)5-6-17(13)30-3)19(26)22-20-21-14-7-8-25(32(4,27)28)11-18(14)31-20/h5-6,9-10H,7-8,11H2,1-4H3,(H,21,22,26). The lowest BCUT2D eigenvalue weighted by atomic mass is 10.1. The van der Waals surface area contributed by atoms with E-state index in [9.17, 15) is 13.2 Å². The molecule has 0 atom stereocenters. The van der Waals surface area contributed by atoms with E-state index >= 15 is 0 Å². The molecule has 3 aromatic rings. The first kappa shape index (κ1) is 22.2. The molecule has 4 rings (SSSR count). The number of aromatic nitrogens is 3. The summed E-state index contributed by atoms with van der Waals surface area (Å²) < 4.78 is 37.3. The Labute approximate surface area is 189 Å². The van der Waals surface area contributed by atoms with Crippen molar-refractivity contribution in [3.05, 3.63) is 40.5 Å². The second-order valence-electron chi connectivity index (χ2n) is 7.29. The zero-order valence-electron chi connectivity index (χ0n) is 18.1. The molecule has 0 saturated heterocycles. The molecule has 0 bridgehead atoms. The lowest BCUT2D eigenvalue weighted by molar-refractivity contribution is 0.101. The number of ether oxygens (including phenoxy) is 2. The topological polar surface area (TPSA) is 116 Å². The predicted octanol–water partition coefficient (Wildman–Crippen LogP) is 2.13. The summed E-state index contributed by atoms with van der Waals surface area (Å²) >= 11 is 1.28. The number of carbonyl (C=O) groups excluding carboxylic acids is 1. The number of hydrogen-bond acceptors (Lipinski definition) is 8. The Kier molecular flexibility index (Phi) is 5.93. The van der Waals surface area contributed by atoms with Crippen molar-refractivity contribution >= 4 is 32.4 Å². The van der Waals surface area contributed by atoms with Crippen molar-refractivity contribution in [3.63, 3.8) is 0 Å². The molecule has 1 aromatic carbocycles. The molecule has 170 valence electrons. The third-order valence-electron chi connectivity index (χ3n) is 5.18. The Hall–Kier alpha value is -2.96. The van der Waals surface area contributed by atoms with Crippen molar-refractivity contribution in [2.45, 2.75) is 13.0 Å². The maximum Gasteiger partial charge on any atom is 0.275 e. The molecule has 0 unspecified atom stereocenters. The second kappa shape index (κ2) is 8.52. The third-order valence-corrected chi connectivity index (χ3v) is 7.43. The van der Waals surface area contributed by atoms with Crippen LogP contribution in [0.2, 0.25) is 0 Å². The van der Waals surface area contributed by atoms with Gasteiger partial charge >= 0.3 is 0 Å². The number of methoxy groups -OCH3 is 2. The summed E-state index contributed by atoms with van der Waals surface area (Å²) in [5, 5.41) is 7.70. The molecule has 1 aliphatic rings. The van der Waals surface area contributed by atoms with E-state index in [0.29, 0.717) is 46.5 Å². The number of aryl methyl sites for hydroxylation is 1. The lowest BCUT2D eigenvalue weighted by Gasteiger charge is -2.23. The molecule has 10 nitrogen and oxygen atoms in total. The number of anilines is 1. The summed E-state index contributed by atoms with van der Waals surface area (Å²) in [6.45, 7) is 0.656. The van der Waals surface area contributed by atoms with Gasteiger partial charge in [0.25, 0.3) is 5.91 Å². The van der Waals surface area contributed by atoms with Crippen molar-refractivity contribution in [3.8, 4) is 22.8 Å². The molecule has 0 radical (unpaired) electrons. The van der Waals surface area contributed by atoms with Gasteiger partial charge in [-0.2, -0.15) is 9.40 Å². The van der Waals surface area contributed by atoms with Gasteiger partial charge in [0.1, 0.15) is 17.2 Å². The van der Waals surface area contributed by atoms with E-state index in [-0.39, 0.29) is 12.5 Å². The molecule has 0 saturated carbocycles. The SMILES string of the molecule is COc1ccc(OC)c(-c2cc(C(=O)Nc3nc4c(s3)CN(S(C)(=O)=O)CC4)n(C)n2)c1. The van der Waals surface area contributed by atoms with Gasteiger partial charge < -0.3 is 9.47 Å². The number of carbonyl (C=O) groups is 1. The van der Waals surface area contributed by atoms with Gasteiger partial charge in [0.15, 0.2) is 5.13 Å². The molecular weight excluding hydrogens is 454 g/mol. The van der Waals surface area contributed by atoms with Crippen LogP contribution in [0.4, 0.5) is 5.13 Å². The van der Waals surface area contributed by atoms with Crippen LogP contribution >= 0.6 is 11.3 Å². The van der Waals surface area contributed by atoms with Crippen LogP contribution < -0.4 is 14.8 Å². The van der Waals surface area contributed by atoms with Crippen LogP contribution in [-0.2, 0) is 30.0 Å². The Balaban J connectivity index is 1.56. The highest BCUT2D eigenvalue weighted by atomic mass is 32.2. The number of fused-ring (bicyclic) bond motifs is 1. The maximum absolute atomic E-state index is 12.9. The van der Waals surface area contributed by atoms with Crippen LogP contribution in [0.3, 0.4) is 0 Å². The van der Waals surface area contributed by atoms with Crippen LogP contribution in [0.5, 0.6) is 11.5 Å². The van der Waals surface area contributed by atoms with E-state index < -0.39 is 10.0 Å². The first-order valence-electron chi connectivity index (χ1n) is 9.71. The van der Waals surface area contributed by atoms with Crippen molar-refractivity contribution in [2.24, 2.45) is 7.05 Å². The van der Waals surface area contributed by atoms with Gasteiger partial charge in [-0.1, -0.05) is 0 Å². The van der Waals surface area contributed by atoms with Gasteiger partial charge in [0, 0.05) is 37.0 Å². The predicted molar refractivity (Wildman–Crippen MR) is 121 cm³/mol. The number of nitrogens with one attached hydrogen (secondary N) is 1. The van der Waals surface area contributed by atoms with Crippen molar-refractivity contribution < 1.29 is 22.7 Å². The van der Waals surface area contributed by atoms with Crippen LogP contribution in [0.25, 0.3) is 11.3 Å². The number of nitrogens with zero attached hydrogens (tertiary/aromatic N) is 4. The summed E-state index contributed by atoms with van der Waals surface area (Å²) in [5.41, 5.74) is 2.43. The number of amides is 1. The van der Waals surface area contributed by atoms with Gasteiger partial charge in [-0.05, 0) is 24.3 Å². The number of rotatable bonds is 6. The van der Waals surface area contributed by atoms with E-state index in [4.69, 9.17) is 9.47 Å². The fraction of sp³-hybridized carbons (Fsp3) is 0.350. The van der Waals surface area contributed by atoms with E-state index in [1.54, 1.807) is 45.5 Å². The van der Waals surface area contributed by atoms with Gasteiger partial charge in [-0.3, -0.25) is 14.8 Å². The Bertz CT molecular complexity index is 1280. The quantitative estimate of drug-likeness (QED) is 0.578. The van der Waals surface area contributed by atoms with E-state index in [1.165, 1.54) is 26.6 Å². The van der Waals surface area contributed by atoms with Crippen LogP contribution in [-0.4, -0.2) is 60.4 Å². The van der Waals surface area contributed by atoms with Crippen molar-refractivity contribution in [1.29, 1.82) is 0 Å². The first-order chi connectivity index (χ1) is 15.2. The summed E-state index contributed by atoms with van der Waals surface area (Å²) in [5.74, 6) is 0.895. The fourth-order valence-electron chi connectivity index (χ4n) is 3.50. The molecule has 1 amide bonds. The van der Waals surface area contributed by atoms with Crippen LogP contribution in [0.15, 0.2) is 24.3 Å². The Morgan fingerprint density at radius 3 is 2.69 bits per heavy atom. The van der Waals surface area contributed by atoms with E-state index in [1.807, 2.05) is 0 Å². The summed E-state index contributed by atoms with van der Waals surface area (Å²) in [6, 6.07) is 7.04. The average Bonchev–Trinajstić information content (AvgIpc) is 3.34. The highest BCUT2D eigenvalue weighted by Gasteiger charge is 2.27. The van der Waals surface area contributed by atoms with E-state index in [2.05, 4.69) is 15.4 Å². The fourth-order valence-corrected chi connectivity index (χ4v) is 5.38. The van der Waals surface area contributed by atoms with E-state index in [0.717, 1.165) is 10.6 Å². The largest absolute Gasteiger partial charge is 0.497 e. The second-order valence-corrected chi connectivity index (χ2v) is 10.4. The van der Waals surface area contributed by atoms with Gasteiger partial charge in [-0.15, -0.1) is 11.3 Å². The summed E-state index contributed by atoms with van der Waals surface area (Å²) in [7, 11) is 1.55. The molecule has 1 N–H and O–H groups in total. The molecule has 0 fully saturated rings. The molecule has 1 aliphatic heterocycles. The molecule has 0 spiro atoms. The Morgan fingerprint density at radius 1 is 1.22 bits per heavy atom. The molecule has 3 heterocycles. The zero-order chi connectivity index (χ0) is 23.0. The number of thiazole rings is 1. The number of benzene rings is 1. The van der Waals surface area contributed by atoms with Crippen molar-refractivity contribution in [1.82, 2.24) is 19.1 Å². The number of hydrogen-bond donors (Lipinski definition) is 1. The molecular formula is C20H23N5O5S2. The van der Waals surface area contributed by atoms with Gasteiger partial charge in [0.2, 0.25) is 10.0 Å². The van der Waals surface area contributed by atoms with Crippen LogP contribution in [0, 0.1) is 0 Å². The molecule has 12 heteroatoms. The summed E-state index contributed by atoms with van der Waals surface area (Å²) in [6.07, 6.45) is 1.71. The lowest BCUT2D eigenvalue weighted by Crippen LogP contribution is -2.34. The minimum atomic E-state index is -3.27. The minimum absolute atomic E-state index is 0.271. The molecule has 0 aliphatic carbocycles. The normalized spacial score (nSPS) is 14.1. The molecule has 2 aromatic heterocycles. The highest BCUT2D eigenvalue weighted by Crippen LogP contribution is 2.33. The Morgan fingerprint density at radius 2 is 2.00 bits per heavy atom. The summed E-state index contributed by atoms with van der Waals surface area (Å²) in [4.78, 5) is 18.2. The maximum atomic E-state index is 12.9. The molecule has 32 heavy (non-hydrogen) atoms.